The summed E-state index contributed by atoms with van der Waals surface area (Å²) < 4.78 is 5.26. The van der Waals surface area contributed by atoms with E-state index in [1.54, 1.807) is 72.8 Å². The van der Waals surface area contributed by atoms with E-state index in [0.29, 0.717) is 27.7 Å². The Morgan fingerprint density at radius 2 is 1.61 bits per heavy atom. The van der Waals surface area contributed by atoms with E-state index in [9.17, 15) is 14.4 Å². The second-order valence-corrected chi connectivity index (χ2v) is 7.79. The van der Waals surface area contributed by atoms with E-state index in [4.69, 9.17) is 27.9 Å². The molecule has 0 unspecified atom stereocenters. The van der Waals surface area contributed by atoms with Crippen molar-refractivity contribution in [3.8, 4) is 5.75 Å². The van der Waals surface area contributed by atoms with E-state index < -0.39 is 11.8 Å². The van der Waals surface area contributed by atoms with Gasteiger partial charge in [0.15, 0.2) is 0 Å². The van der Waals surface area contributed by atoms with Gasteiger partial charge in [0.1, 0.15) is 16.5 Å². The van der Waals surface area contributed by atoms with Gasteiger partial charge in [-0.3, -0.25) is 14.4 Å². The van der Waals surface area contributed by atoms with Crippen molar-refractivity contribution >= 4 is 58.0 Å². The van der Waals surface area contributed by atoms with Gasteiger partial charge >= 0.3 is 0 Å². The number of halogens is 2. The van der Waals surface area contributed by atoms with E-state index in [1.165, 1.54) is 7.11 Å². The molecule has 0 aliphatic carbocycles. The molecule has 0 fully saturated rings. The van der Waals surface area contributed by atoms with Crippen molar-refractivity contribution in [3.63, 3.8) is 0 Å². The average Bonchev–Trinajstić information content (AvgIpc) is 3.02. The minimum Gasteiger partial charge on any atom is -0.495 e. The number of ether oxygens (including phenoxy) is 1. The molecule has 4 rings (SSSR count). The summed E-state index contributed by atoms with van der Waals surface area (Å²) in [5.74, 6) is -1.33. The number of anilines is 3. The number of nitrogens with one attached hydrogen (secondary N) is 2. The van der Waals surface area contributed by atoms with Gasteiger partial charge in [-0.05, 0) is 48.5 Å². The van der Waals surface area contributed by atoms with Crippen LogP contribution in [0, 0.1) is 0 Å². The molecule has 33 heavy (non-hydrogen) atoms. The van der Waals surface area contributed by atoms with Gasteiger partial charge in [-0.2, -0.15) is 0 Å². The van der Waals surface area contributed by atoms with Crippen molar-refractivity contribution in [1.82, 2.24) is 0 Å². The second-order valence-electron chi connectivity index (χ2n) is 6.98. The Labute approximate surface area is 199 Å². The van der Waals surface area contributed by atoms with Crippen LogP contribution in [-0.2, 0) is 9.59 Å². The van der Waals surface area contributed by atoms with Crippen molar-refractivity contribution in [2.75, 3.05) is 22.6 Å². The van der Waals surface area contributed by atoms with Gasteiger partial charge in [-0.25, -0.2) is 4.90 Å². The highest BCUT2D eigenvalue weighted by Gasteiger charge is 2.40. The van der Waals surface area contributed by atoms with Crippen LogP contribution in [-0.4, -0.2) is 24.8 Å². The van der Waals surface area contributed by atoms with E-state index in [1.807, 2.05) is 0 Å². The van der Waals surface area contributed by atoms with Crippen LogP contribution in [0.25, 0.3) is 0 Å². The molecule has 0 atom stereocenters. The molecule has 2 N–H and O–H groups in total. The fourth-order valence-electron chi connectivity index (χ4n) is 3.30. The minimum absolute atomic E-state index is 0.0972. The Morgan fingerprint density at radius 1 is 0.879 bits per heavy atom. The monoisotopic (exact) mass is 481 g/mol. The van der Waals surface area contributed by atoms with Gasteiger partial charge in [0.05, 0.1) is 12.8 Å². The van der Waals surface area contributed by atoms with Crippen LogP contribution in [0.5, 0.6) is 5.75 Å². The Kier molecular flexibility index (Phi) is 6.35. The normalized spacial score (nSPS) is 13.4. The molecule has 1 aliphatic rings. The molecule has 0 spiro atoms. The molecule has 1 heterocycles. The first-order chi connectivity index (χ1) is 15.9. The van der Waals surface area contributed by atoms with Crippen molar-refractivity contribution in [2.24, 2.45) is 0 Å². The number of carbonyl (C=O) groups excluding carboxylic acids is 3. The van der Waals surface area contributed by atoms with Crippen LogP contribution < -0.4 is 20.3 Å². The molecule has 1 aliphatic heterocycles. The van der Waals surface area contributed by atoms with Gasteiger partial charge in [0.2, 0.25) is 0 Å². The highest BCUT2D eigenvalue weighted by molar-refractivity contribution is 6.53. The van der Waals surface area contributed by atoms with Gasteiger partial charge in [0.25, 0.3) is 17.7 Å². The summed E-state index contributed by atoms with van der Waals surface area (Å²) in [5.41, 5.74) is 1.46. The largest absolute Gasteiger partial charge is 0.495 e. The van der Waals surface area contributed by atoms with E-state index in [-0.39, 0.29) is 22.3 Å². The smallest absolute Gasteiger partial charge is 0.283 e. The maximum absolute atomic E-state index is 13.0. The van der Waals surface area contributed by atoms with Crippen LogP contribution >= 0.6 is 23.2 Å². The summed E-state index contributed by atoms with van der Waals surface area (Å²) in [6, 6.07) is 19.8. The molecular formula is C24H17Cl2N3O4. The Bertz CT molecular complexity index is 1310. The lowest BCUT2D eigenvalue weighted by Crippen LogP contribution is -2.32. The number of hydrogen-bond acceptors (Lipinski definition) is 5. The summed E-state index contributed by atoms with van der Waals surface area (Å²) in [5, 5.41) is 5.85. The average molecular weight is 482 g/mol. The molecule has 0 radical (unpaired) electrons. The first kappa shape index (κ1) is 22.4. The fraction of sp³-hybridized carbons (Fsp3) is 0.0417. The number of benzene rings is 3. The third kappa shape index (κ3) is 4.55. The molecule has 166 valence electrons. The topological polar surface area (TPSA) is 87.7 Å². The number of imide groups is 1. The van der Waals surface area contributed by atoms with Crippen molar-refractivity contribution in [2.45, 2.75) is 0 Å². The highest BCUT2D eigenvalue weighted by atomic mass is 35.5. The van der Waals surface area contributed by atoms with Crippen LogP contribution in [0.15, 0.2) is 83.5 Å². The zero-order valence-electron chi connectivity index (χ0n) is 17.3. The summed E-state index contributed by atoms with van der Waals surface area (Å²) in [7, 11) is 1.44. The molecule has 0 aromatic heterocycles. The maximum Gasteiger partial charge on any atom is 0.283 e. The summed E-state index contributed by atoms with van der Waals surface area (Å²) in [6.45, 7) is 0. The van der Waals surface area contributed by atoms with Gasteiger partial charge in [0, 0.05) is 22.0 Å². The quantitative estimate of drug-likeness (QED) is 0.481. The molecule has 3 aromatic carbocycles. The highest BCUT2D eigenvalue weighted by Crippen LogP contribution is 2.35. The predicted molar refractivity (Wildman–Crippen MR) is 128 cm³/mol. The number of hydrogen-bond donors (Lipinski definition) is 2. The Balaban J connectivity index is 1.56. The number of methoxy groups -OCH3 is 1. The molecule has 3 aromatic rings. The second kappa shape index (κ2) is 9.36. The molecular weight excluding hydrogens is 465 g/mol. The van der Waals surface area contributed by atoms with Crippen molar-refractivity contribution in [1.29, 1.82) is 0 Å². The Hall–Kier alpha value is -3.81. The zero-order chi connectivity index (χ0) is 23.5. The van der Waals surface area contributed by atoms with Gasteiger partial charge in [-0.15, -0.1) is 0 Å². The van der Waals surface area contributed by atoms with Gasteiger partial charge in [-0.1, -0.05) is 47.5 Å². The third-order valence-corrected chi connectivity index (χ3v) is 5.42. The van der Waals surface area contributed by atoms with Crippen molar-refractivity contribution < 1.29 is 19.1 Å². The fourth-order valence-corrected chi connectivity index (χ4v) is 3.70. The number of amides is 3. The number of carbonyl (C=O) groups is 3. The van der Waals surface area contributed by atoms with E-state index >= 15 is 0 Å². The summed E-state index contributed by atoms with van der Waals surface area (Å²) in [4.78, 5) is 39.4. The standard InChI is InChI=1S/C24H17Cl2N3O4/c1-33-19-11-3-2-10-18(19)29-23(31)20(26)21(24(29)32)27-16-8-4-6-14(12-16)22(30)28-17-9-5-7-15(25)13-17/h2-13,27H,1H3,(H,28,30). The maximum atomic E-state index is 13.0. The SMILES string of the molecule is COc1ccccc1N1C(=O)C(Cl)=C(Nc2cccc(C(=O)Nc3cccc(Cl)c3)c2)C1=O. The zero-order valence-corrected chi connectivity index (χ0v) is 18.8. The summed E-state index contributed by atoms with van der Waals surface area (Å²) >= 11 is 12.2. The molecule has 9 heteroatoms. The molecule has 0 bridgehead atoms. The summed E-state index contributed by atoms with van der Waals surface area (Å²) in [6.07, 6.45) is 0. The third-order valence-electron chi connectivity index (χ3n) is 4.83. The predicted octanol–water partition coefficient (Wildman–Crippen LogP) is 5.04. The molecule has 0 saturated heterocycles. The van der Waals surface area contributed by atoms with Crippen LogP contribution in [0.4, 0.5) is 17.1 Å². The van der Waals surface area contributed by atoms with Gasteiger partial charge < -0.3 is 15.4 Å². The lowest BCUT2D eigenvalue weighted by Gasteiger charge is -2.18. The Morgan fingerprint density at radius 3 is 2.36 bits per heavy atom. The van der Waals surface area contributed by atoms with E-state index in [0.717, 1.165) is 4.90 Å². The number of para-hydroxylation sites is 2. The van der Waals surface area contributed by atoms with Crippen LogP contribution in [0.1, 0.15) is 10.4 Å². The lowest BCUT2D eigenvalue weighted by atomic mass is 10.1. The van der Waals surface area contributed by atoms with E-state index in [2.05, 4.69) is 10.6 Å². The first-order valence-corrected chi connectivity index (χ1v) is 10.5. The molecule has 0 saturated carbocycles. The minimum atomic E-state index is -0.677. The molecule has 7 nitrogen and oxygen atoms in total. The van der Waals surface area contributed by atoms with Crippen molar-refractivity contribution in [3.05, 3.63) is 94.1 Å². The number of nitrogens with zero attached hydrogens (tertiary/aromatic N) is 1. The lowest BCUT2D eigenvalue weighted by molar-refractivity contribution is -0.120. The first-order valence-electron chi connectivity index (χ1n) is 9.74. The molecule has 3 amide bonds. The van der Waals surface area contributed by atoms with Crippen LogP contribution in [0.2, 0.25) is 5.02 Å². The van der Waals surface area contributed by atoms with Crippen LogP contribution in [0.3, 0.4) is 0 Å². The number of rotatable bonds is 6.